The Bertz CT molecular complexity index is 1080. The van der Waals surface area contributed by atoms with Crippen molar-refractivity contribution in [1.82, 2.24) is 19.8 Å². The van der Waals surface area contributed by atoms with E-state index in [9.17, 15) is 14.0 Å². The van der Waals surface area contributed by atoms with Crippen LogP contribution in [-0.4, -0.2) is 64.8 Å². The minimum atomic E-state index is -0.519. The Morgan fingerprint density at radius 3 is 2.44 bits per heavy atom. The average Bonchev–Trinajstić information content (AvgIpc) is 2.83. The summed E-state index contributed by atoms with van der Waals surface area (Å²) in [5.74, 6) is 1.05. The lowest BCUT2D eigenvalue weighted by Crippen LogP contribution is -2.54. The molecule has 4 rings (SSSR count). The molecule has 2 amide bonds. The Hall–Kier alpha value is -3.03. The van der Waals surface area contributed by atoms with Gasteiger partial charge < -0.3 is 15.1 Å². The van der Waals surface area contributed by atoms with Gasteiger partial charge in [-0.15, -0.1) is 0 Å². The van der Waals surface area contributed by atoms with Crippen molar-refractivity contribution < 1.29 is 14.0 Å². The molecule has 0 bridgehead atoms. The molecular weight excluding hydrogens is 433 g/mol. The molecule has 8 heteroatoms. The van der Waals surface area contributed by atoms with Gasteiger partial charge in [-0.05, 0) is 50.8 Å². The lowest BCUT2D eigenvalue weighted by atomic mass is 9.75. The number of amides is 2. The topological polar surface area (TPSA) is 78.4 Å². The largest absolute Gasteiger partial charge is 0.373 e. The second kappa shape index (κ2) is 9.31. The number of benzene rings is 1. The first kappa shape index (κ1) is 24.1. The second-order valence-corrected chi connectivity index (χ2v) is 10.2. The molecule has 2 fully saturated rings. The Morgan fingerprint density at radius 2 is 1.76 bits per heavy atom. The Morgan fingerprint density at radius 1 is 1.03 bits per heavy atom. The first-order valence-electron chi connectivity index (χ1n) is 12.0. The van der Waals surface area contributed by atoms with Gasteiger partial charge in [-0.1, -0.05) is 19.9 Å². The van der Waals surface area contributed by atoms with Gasteiger partial charge in [0.25, 0.3) is 5.91 Å². The smallest absolute Gasteiger partial charge is 0.253 e. The summed E-state index contributed by atoms with van der Waals surface area (Å²) in [6.07, 6.45) is 3.07. The highest BCUT2D eigenvalue weighted by Gasteiger charge is 2.44. The lowest BCUT2D eigenvalue weighted by molar-refractivity contribution is -0.146. The van der Waals surface area contributed by atoms with E-state index in [1.165, 1.54) is 12.1 Å². The van der Waals surface area contributed by atoms with Gasteiger partial charge in [0.1, 0.15) is 17.5 Å². The normalized spacial score (nSPS) is 22.4. The van der Waals surface area contributed by atoms with Crippen LogP contribution in [0, 0.1) is 18.2 Å². The summed E-state index contributed by atoms with van der Waals surface area (Å²) < 4.78 is 13.5. The molecule has 1 aromatic carbocycles. The number of piperidine rings is 2. The third-order valence-corrected chi connectivity index (χ3v) is 7.44. The number of likely N-dealkylation sites (tertiary alicyclic amines) is 2. The number of aromatic nitrogens is 2. The van der Waals surface area contributed by atoms with Crippen molar-refractivity contribution >= 4 is 17.6 Å². The number of hydrogen-bond acceptors (Lipinski definition) is 5. The SMILES string of the molecule is CNc1cc([C@]2(C)CCCN(C(=O)C3(C)CCN(C(=O)c4cccc(F)c4)CC3)C2)nc(C)n1. The molecule has 2 aromatic rings. The highest BCUT2D eigenvalue weighted by Crippen LogP contribution is 2.38. The first-order chi connectivity index (χ1) is 16.1. The Labute approximate surface area is 200 Å². The van der Waals surface area contributed by atoms with Gasteiger partial charge >= 0.3 is 0 Å². The quantitative estimate of drug-likeness (QED) is 0.740. The molecule has 182 valence electrons. The van der Waals surface area contributed by atoms with Crippen molar-refractivity contribution in [2.75, 3.05) is 38.5 Å². The molecule has 0 saturated carbocycles. The van der Waals surface area contributed by atoms with E-state index in [4.69, 9.17) is 4.98 Å². The number of hydrogen-bond donors (Lipinski definition) is 1. The first-order valence-corrected chi connectivity index (χ1v) is 12.0. The zero-order chi connectivity index (χ0) is 24.5. The molecule has 2 saturated heterocycles. The summed E-state index contributed by atoms with van der Waals surface area (Å²) >= 11 is 0. The van der Waals surface area contributed by atoms with Crippen LogP contribution < -0.4 is 5.32 Å². The van der Waals surface area contributed by atoms with E-state index in [1.54, 1.807) is 17.0 Å². The number of rotatable bonds is 4. The van der Waals surface area contributed by atoms with Crippen LogP contribution in [0.1, 0.15) is 61.4 Å². The Balaban J connectivity index is 1.44. The van der Waals surface area contributed by atoms with E-state index in [0.29, 0.717) is 43.9 Å². The number of carbonyl (C=O) groups excluding carboxylic acids is 2. The van der Waals surface area contributed by atoms with Crippen molar-refractivity contribution in [2.45, 2.75) is 51.9 Å². The van der Waals surface area contributed by atoms with Crippen molar-refractivity contribution in [1.29, 1.82) is 0 Å². The molecule has 0 aliphatic carbocycles. The van der Waals surface area contributed by atoms with E-state index in [0.717, 1.165) is 30.9 Å². The summed E-state index contributed by atoms with van der Waals surface area (Å²) in [7, 11) is 1.84. The number of aryl methyl sites for hydroxylation is 1. The van der Waals surface area contributed by atoms with Crippen LogP contribution in [0.15, 0.2) is 30.3 Å². The lowest BCUT2D eigenvalue weighted by Gasteiger charge is -2.45. The molecular formula is C26H34FN5O2. The number of nitrogens with one attached hydrogen (secondary N) is 1. The molecule has 1 aromatic heterocycles. The molecule has 2 aliphatic rings. The highest BCUT2D eigenvalue weighted by molar-refractivity contribution is 5.94. The molecule has 34 heavy (non-hydrogen) atoms. The van der Waals surface area contributed by atoms with Crippen LogP contribution in [-0.2, 0) is 10.2 Å². The van der Waals surface area contributed by atoms with E-state index >= 15 is 0 Å². The van der Waals surface area contributed by atoms with Crippen LogP contribution in [0.4, 0.5) is 10.2 Å². The number of carbonyl (C=O) groups is 2. The predicted octanol–water partition coefficient (Wildman–Crippen LogP) is 3.79. The number of halogens is 1. The van der Waals surface area contributed by atoms with Gasteiger partial charge in [0.15, 0.2) is 0 Å². The zero-order valence-electron chi connectivity index (χ0n) is 20.5. The number of nitrogens with zero attached hydrogens (tertiary/aromatic N) is 4. The Kier molecular flexibility index (Phi) is 6.60. The fourth-order valence-electron chi connectivity index (χ4n) is 5.23. The van der Waals surface area contributed by atoms with Gasteiger partial charge in [0.05, 0.1) is 5.69 Å². The van der Waals surface area contributed by atoms with Crippen LogP contribution in [0.3, 0.4) is 0 Å². The fourth-order valence-corrected chi connectivity index (χ4v) is 5.23. The van der Waals surface area contributed by atoms with Crippen LogP contribution >= 0.6 is 0 Å². The molecule has 1 atom stereocenters. The summed E-state index contributed by atoms with van der Waals surface area (Å²) in [5.41, 5.74) is 0.553. The average molecular weight is 468 g/mol. The molecule has 7 nitrogen and oxygen atoms in total. The fraction of sp³-hybridized carbons (Fsp3) is 0.538. The monoisotopic (exact) mass is 467 g/mol. The van der Waals surface area contributed by atoms with E-state index in [-0.39, 0.29) is 17.2 Å². The maximum atomic E-state index is 13.7. The molecule has 3 heterocycles. The van der Waals surface area contributed by atoms with Gasteiger partial charge in [-0.2, -0.15) is 0 Å². The summed E-state index contributed by atoms with van der Waals surface area (Å²) in [6.45, 7) is 8.40. The highest BCUT2D eigenvalue weighted by atomic mass is 19.1. The van der Waals surface area contributed by atoms with Crippen LogP contribution in [0.5, 0.6) is 0 Å². The third-order valence-electron chi connectivity index (χ3n) is 7.44. The van der Waals surface area contributed by atoms with E-state index < -0.39 is 11.2 Å². The molecule has 0 radical (unpaired) electrons. The van der Waals surface area contributed by atoms with Crippen molar-refractivity contribution in [3.8, 4) is 0 Å². The summed E-state index contributed by atoms with van der Waals surface area (Å²) in [6, 6.07) is 7.76. The van der Waals surface area contributed by atoms with E-state index in [2.05, 4.69) is 17.2 Å². The van der Waals surface area contributed by atoms with Gasteiger partial charge in [-0.3, -0.25) is 9.59 Å². The van der Waals surface area contributed by atoms with Gasteiger partial charge in [0, 0.05) is 55.7 Å². The van der Waals surface area contributed by atoms with Crippen LogP contribution in [0.25, 0.3) is 0 Å². The number of anilines is 1. The maximum Gasteiger partial charge on any atom is 0.253 e. The van der Waals surface area contributed by atoms with Crippen LogP contribution in [0.2, 0.25) is 0 Å². The third kappa shape index (κ3) is 4.76. The van der Waals surface area contributed by atoms with Gasteiger partial charge in [-0.25, -0.2) is 14.4 Å². The summed E-state index contributed by atoms with van der Waals surface area (Å²) in [4.78, 5) is 39.3. The van der Waals surface area contributed by atoms with Gasteiger partial charge in [0.2, 0.25) is 5.91 Å². The molecule has 0 unspecified atom stereocenters. The van der Waals surface area contributed by atoms with Crippen molar-refractivity contribution in [3.05, 3.63) is 53.2 Å². The van der Waals surface area contributed by atoms with E-state index in [1.807, 2.05) is 31.9 Å². The maximum absolute atomic E-state index is 13.7. The molecule has 2 aliphatic heterocycles. The van der Waals surface area contributed by atoms with Crippen molar-refractivity contribution in [2.24, 2.45) is 5.41 Å². The van der Waals surface area contributed by atoms with Crippen molar-refractivity contribution in [3.63, 3.8) is 0 Å². The second-order valence-electron chi connectivity index (χ2n) is 10.2. The minimum Gasteiger partial charge on any atom is -0.373 e. The zero-order valence-corrected chi connectivity index (χ0v) is 20.5. The minimum absolute atomic E-state index is 0.149. The predicted molar refractivity (Wildman–Crippen MR) is 129 cm³/mol. The molecule has 0 spiro atoms. The summed E-state index contributed by atoms with van der Waals surface area (Å²) in [5, 5.41) is 3.10. The standard InChI is InChI=1S/C26H34FN5O2/c1-18-29-21(16-22(28-4)30-18)26(3)9-6-12-32(17-26)24(34)25(2)10-13-31(14-11-25)23(33)19-7-5-8-20(27)15-19/h5,7-8,15-16H,6,9-14,17H2,1-4H3,(H,28,29,30)/t26-/m1/s1. The molecule has 1 N–H and O–H groups in total.